The molecule has 0 amide bonds. The summed E-state index contributed by atoms with van der Waals surface area (Å²) in [6, 6.07) is 8.14. The first-order chi connectivity index (χ1) is 8.60. The molecule has 2 N–H and O–H groups in total. The quantitative estimate of drug-likeness (QED) is 0.836. The molecule has 0 bridgehead atoms. The third kappa shape index (κ3) is 2.45. The predicted octanol–water partition coefficient (Wildman–Crippen LogP) is 3.54. The molecule has 1 aliphatic rings. The van der Waals surface area contributed by atoms with E-state index in [2.05, 4.69) is 12.1 Å². The number of benzene rings is 1. The average Bonchev–Trinajstić information content (AvgIpc) is 2.36. The molecule has 1 aromatic carbocycles. The number of rotatable bonds is 5. The van der Waals surface area contributed by atoms with Crippen molar-refractivity contribution >= 4 is 0 Å². The Morgan fingerprint density at radius 3 is 2.11 bits per heavy atom. The van der Waals surface area contributed by atoms with E-state index in [0.717, 1.165) is 5.56 Å². The van der Waals surface area contributed by atoms with Gasteiger partial charge in [-0.15, -0.1) is 0 Å². The van der Waals surface area contributed by atoms with Crippen molar-refractivity contribution in [3.8, 4) is 0 Å². The van der Waals surface area contributed by atoms with E-state index in [1.54, 1.807) is 0 Å². The molecule has 1 aromatic rings. The molecule has 100 valence electrons. The van der Waals surface area contributed by atoms with Crippen molar-refractivity contribution in [2.24, 2.45) is 0 Å². The molecule has 0 aromatic heterocycles. The van der Waals surface area contributed by atoms with Gasteiger partial charge in [0.2, 0.25) is 0 Å². The summed E-state index contributed by atoms with van der Waals surface area (Å²) in [5, 5.41) is 20.6. The van der Waals surface area contributed by atoms with E-state index in [-0.39, 0.29) is 0 Å². The van der Waals surface area contributed by atoms with E-state index in [4.69, 9.17) is 0 Å². The van der Waals surface area contributed by atoms with Crippen LogP contribution < -0.4 is 0 Å². The van der Waals surface area contributed by atoms with Crippen LogP contribution in [-0.2, 0) is 0 Å². The summed E-state index contributed by atoms with van der Waals surface area (Å²) < 4.78 is 0. The van der Waals surface area contributed by atoms with Crippen molar-refractivity contribution in [2.75, 3.05) is 0 Å². The molecule has 1 aliphatic carbocycles. The smallest absolute Gasteiger partial charge is 0.108 e. The Morgan fingerprint density at radius 2 is 1.72 bits per heavy atom. The lowest BCUT2D eigenvalue weighted by Gasteiger charge is -2.32. The maximum atomic E-state index is 10.3. The van der Waals surface area contributed by atoms with Crippen LogP contribution in [0.3, 0.4) is 0 Å². The second-order valence-corrected chi connectivity index (χ2v) is 5.51. The highest BCUT2D eigenvalue weighted by atomic mass is 16.3. The van der Waals surface area contributed by atoms with Gasteiger partial charge in [0.05, 0.1) is 5.60 Å². The normalized spacial score (nSPS) is 18.4. The Morgan fingerprint density at radius 1 is 1.17 bits per heavy atom. The van der Waals surface area contributed by atoms with Crippen LogP contribution in [0.25, 0.3) is 0 Å². The number of aliphatic hydroxyl groups is 2. The zero-order valence-corrected chi connectivity index (χ0v) is 11.4. The van der Waals surface area contributed by atoms with Crippen LogP contribution in [0.2, 0.25) is 0 Å². The molecule has 0 spiro atoms. The van der Waals surface area contributed by atoms with Gasteiger partial charge in [-0.2, -0.15) is 0 Å². The summed E-state index contributed by atoms with van der Waals surface area (Å²) in [6.45, 7) is 3.82. The molecule has 1 atom stereocenters. The van der Waals surface area contributed by atoms with Gasteiger partial charge in [-0.1, -0.05) is 44.5 Å². The molecular formula is C16H24O2. The lowest BCUT2D eigenvalue weighted by Crippen LogP contribution is -2.34. The topological polar surface area (TPSA) is 40.5 Å². The highest BCUT2D eigenvalue weighted by Gasteiger charge is 2.33. The lowest BCUT2D eigenvalue weighted by molar-refractivity contribution is -0.0820. The van der Waals surface area contributed by atoms with Gasteiger partial charge in [-0.25, -0.2) is 0 Å². The van der Waals surface area contributed by atoms with Gasteiger partial charge in [-0.3, -0.25) is 0 Å². The fourth-order valence-corrected chi connectivity index (χ4v) is 2.64. The van der Waals surface area contributed by atoms with E-state index in [1.807, 2.05) is 26.0 Å². The summed E-state index contributed by atoms with van der Waals surface area (Å²) in [4.78, 5) is 0. The van der Waals surface area contributed by atoms with Crippen molar-refractivity contribution in [3.63, 3.8) is 0 Å². The van der Waals surface area contributed by atoms with Gasteiger partial charge in [0.25, 0.3) is 0 Å². The first kappa shape index (κ1) is 13.6. The van der Waals surface area contributed by atoms with E-state index in [0.29, 0.717) is 18.8 Å². The molecule has 2 nitrogen and oxygen atoms in total. The summed E-state index contributed by atoms with van der Waals surface area (Å²) in [5.74, 6) is 0.715. The third-order valence-corrected chi connectivity index (χ3v) is 4.56. The minimum Gasteiger partial charge on any atom is -0.387 e. The van der Waals surface area contributed by atoms with Crippen LogP contribution in [0, 0.1) is 0 Å². The van der Waals surface area contributed by atoms with E-state index in [1.165, 1.54) is 24.8 Å². The van der Waals surface area contributed by atoms with Gasteiger partial charge < -0.3 is 10.2 Å². The fourth-order valence-electron chi connectivity index (χ4n) is 2.64. The van der Waals surface area contributed by atoms with Crippen molar-refractivity contribution in [1.29, 1.82) is 0 Å². The van der Waals surface area contributed by atoms with Gasteiger partial charge >= 0.3 is 0 Å². The van der Waals surface area contributed by atoms with Crippen molar-refractivity contribution in [1.82, 2.24) is 0 Å². The number of aliphatic hydroxyl groups excluding tert-OH is 1. The van der Waals surface area contributed by atoms with E-state index >= 15 is 0 Å². The molecule has 0 radical (unpaired) electrons. The van der Waals surface area contributed by atoms with Gasteiger partial charge in [-0.05, 0) is 42.7 Å². The molecular weight excluding hydrogens is 224 g/mol. The Labute approximate surface area is 110 Å². The average molecular weight is 248 g/mol. The standard InChI is InChI=1S/C16H24O2/c1-3-16(18,4-2)15(17)14-10-8-13(9-11-14)12-6-5-7-12/h8-12,15,17-18H,3-7H2,1-2H3. The lowest BCUT2D eigenvalue weighted by atomic mass is 9.79. The van der Waals surface area contributed by atoms with Crippen LogP contribution in [0.4, 0.5) is 0 Å². The molecule has 0 saturated heterocycles. The largest absolute Gasteiger partial charge is 0.387 e. The third-order valence-electron chi connectivity index (χ3n) is 4.56. The highest BCUT2D eigenvalue weighted by molar-refractivity contribution is 5.29. The van der Waals surface area contributed by atoms with Crippen molar-refractivity contribution in [3.05, 3.63) is 35.4 Å². The number of hydrogen-bond acceptors (Lipinski definition) is 2. The van der Waals surface area contributed by atoms with Crippen LogP contribution in [0.5, 0.6) is 0 Å². The van der Waals surface area contributed by atoms with Gasteiger partial charge in [0.1, 0.15) is 6.10 Å². The zero-order chi connectivity index (χ0) is 13.2. The van der Waals surface area contributed by atoms with E-state index < -0.39 is 11.7 Å². The maximum absolute atomic E-state index is 10.3. The second-order valence-electron chi connectivity index (χ2n) is 5.51. The molecule has 2 heteroatoms. The minimum atomic E-state index is -1.00. The molecule has 2 rings (SSSR count). The number of hydrogen-bond donors (Lipinski definition) is 2. The van der Waals surface area contributed by atoms with Crippen molar-refractivity contribution in [2.45, 2.75) is 63.6 Å². The first-order valence-electron chi connectivity index (χ1n) is 7.11. The Kier molecular flexibility index (Phi) is 4.08. The molecule has 1 unspecified atom stereocenters. The van der Waals surface area contributed by atoms with Crippen LogP contribution in [0.1, 0.15) is 69.1 Å². The van der Waals surface area contributed by atoms with Gasteiger partial charge in [0.15, 0.2) is 0 Å². The molecule has 1 fully saturated rings. The van der Waals surface area contributed by atoms with E-state index in [9.17, 15) is 10.2 Å². The Balaban J connectivity index is 2.13. The van der Waals surface area contributed by atoms with Crippen LogP contribution in [-0.4, -0.2) is 15.8 Å². The molecule has 0 aliphatic heterocycles. The molecule has 0 heterocycles. The van der Waals surface area contributed by atoms with Crippen molar-refractivity contribution < 1.29 is 10.2 Å². The summed E-state index contributed by atoms with van der Waals surface area (Å²) in [6.07, 6.45) is 4.25. The van der Waals surface area contributed by atoms with Gasteiger partial charge in [0, 0.05) is 0 Å². The molecule has 18 heavy (non-hydrogen) atoms. The summed E-state index contributed by atoms with van der Waals surface area (Å²) >= 11 is 0. The Bertz CT molecular complexity index is 375. The second kappa shape index (κ2) is 5.41. The minimum absolute atomic E-state index is 0.565. The SMILES string of the molecule is CCC(O)(CC)C(O)c1ccc(C2CCC2)cc1. The first-order valence-corrected chi connectivity index (χ1v) is 7.11. The monoisotopic (exact) mass is 248 g/mol. The van der Waals surface area contributed by atoms with Crippen LogP contribution in [0.15, 0.2) is 24.3 Å². The summed E-state index contributed by atoms with van der Waals surface area (Å²) in [5.41, 5.74) is 1.19. The fraction of sp³-hybridized carbons (Fsp3) is 0.625. The molecule has 1 saturated carbocycles. The summed E-state index contributed by atoms with van der Waals surface area (Å²) in [7, 11) is 0. The highest BCUT2D eigenvalue weighted by Crippen LogP contribution is 2.37. The Hall–Kier alpha value is -0.860. The van der Waals surface area contributed by atoms with Crippen LogP contribution >= 0.6 is 0 Å². The predicted molar refractivity (Wildman–Crippen MR) is 73.5 cm³/mol. The maximum Gasteiger partial charge on any atom is 0.108 e. The zero-order valence-electron chi connectivity index (χ0n) is 11.4.